The van der Waals surface area contributed by atoms with Crippen LogP contribution in [-0.2, 0) is 45.2 Å². The summed E-state index contributed by atoms with van der Waals surface area (Å²) in [5, 5.41) is 5.41. The van der Waals surface area contributed by atoms with E-state index in [1.54, 1.807) is 64.1 Å². The van der Waals surface area contributed by atoms with E-state index < -0.39 is 51.8 Å². The van der Waals surface area contributed by atoms with Crippen LogP contribution < -0.4 is 10.6 Å². The van der Waals surface area contributed by atoms with Crippen LogP contribution in [0.4, 0.5) is 9.59 Å². The summed E-state index contributed by atoms with van der Waals surface area (Å²) in [6, 6.07) is 12.1. The predicted molar refractivity (Wildman–Crippen MR) is 160 cm³/mol. The lowest BCUT2D eigenvalue weighted by atomic mass is 10.1. The monoisotopic (exact) mass is 635 g/mol. The summed E-state index contributed by atoms with van der Waals surface area (Å²) in [5.41, 5.74) is 0.499. The van der Waals surface area contributed by atoms with E-state index in [0.717, 1.165) is 18.2 Å². The molecule has 1 unspecified atom stereocenters. The highest BCUT2D eigenvalue weighted by Crippen LogP contribution is 2.23. The molecule has 0 aliphatic heterocycles. The third kappa shape index (κ3) is 11.2. The standard InChI is InChI=1S/C30H41N3O10S/c1-21-14-16-23(17-15-21)44(38,39)33(29(37)43-30(2,3)4)25(27(35)41-6)19-31-18-10-13-24(26(34)40-5)32-28(36)42-20-22-11-8-7-9-12-22/h7-9,11-12,14-17,24-25,31H,10,13,18-20H2,1-6H3,(H,32,36)/t24-,25?/m0/s1. The van der Waals surface area contributed by atoms with Gasteiger partial charge in [-0.05, 0) is 64.8 Å². The number of carbonyl (C=O) groups is 4. The van der Waals surface area contributed by atoms with E-state index in [9.17, 15) is 27.6 Å². The van der Waals surface area contributed by atoms with Crippen LogP contribution in [0.2, 0.25) is 0 Å². The van der Waals surface area contributed by atoms with Crippen molar-refractivity contribution in [3.63, 3.8) is 0 Å². The van der Waals surface area contributed by atoms with Gasteiger partial charge in [0, 0.05) is 6.54 Å². The zero-order valence-electron chi connectivity index (χ0n) is 25.8. The fourth-order valence-corrected chi connectivity index (χ4v) is 5.33. The molecule has 0 spiro atoms. The maximum absolute atomic E-state index is 13.7. The highest BCUT2D eigenvalue weighted by molar-refractivity contribution is 7.89. The van der Waals surface area contributed by atoms with E-state index in [2.05, 4.69) is 10.6 Å². The van der Waals surface area contributed by atoms with Gasteiger partial charge in [0.25, 0.3) is 10.0 Å². The second-order valence-electron chi connectivity index (χ2n) is 10.8. The number of amides is 2. The molecule has 0 bridgehead atoms. The van der Waals surface area contributed by atoms with Gasteiger partial charge in [-0.15, -0.1) is 0 Å². The van der Waals surface area contributed by atoms with Crippen LogP contribution in [0.1, 0.15) is 44.7 Å². The molecule has 2 amide bonds. The number of nitrogens with zero attached hydrogens (tertiary/aromatic N) is 1. The maximum atomic E-state index is 13.7. The van der Waals surface area contributed by atoms with Crippen molar-refractivity contribution in [1.29, 1.82) is 0 Å². The smallest absolute Gasteiger partial charge is 0.425 e. The van der Waals surface area contributed by atoms with Crippen molar-refractivity contribution < 1.29 is 46.5 Å². The number of hydrogen-bond acceptors (Lipinski definition) is 11. The van der Waals surface area contributed by atoms with Gasteiger partial charge in [0.15, 0.2) is 6.04 Å². The van der Waals surface area contributed by atoms with Crippen molar-refractivity contribution in [2.75, 3.05) is 27.3 Å². The lowest BCUT2D eigenvalue weighted by molar-refractivity contribution is -0.145. The molecule has 2 aromatic carbocycles. The number of alkyl carbamates (subject to hydrolysis) is 1. The number of rotatable bonds is 14. The first-order valence-electron chi connectivity index (χ1n) is 13.9. The fourth-order valence-electron chi connectivity index (χ4n) is 3.89. The molecule has 14 heteroatoms. The minimum atomic E-state index is -4.56. The maximum Gasteiger partial charge on any atom is 0.425 e. The average molecular weight is 636 g/mol. The molecule has 2 N–H and O–H groups in total. The quantitative estimate of drug-likeness (QED) is 0.178. The van der Waals surface area contributed by atoms with Gasteiger partial charge in [-0.25, -0.2) is 27.6 Å². The molecule has 0 saturated heterocycles. The summed E-state index contributed by atoms with van der Waals surface area (Å²) in [6.45, 7) is 6.32. The van der Waals surface area contributed by atoms with Gasteiger partial charge < -0.3 is 29.6 Å². The van der Waals surface area contributed by atoms with E-state index in [1.807, 2.05) is 6.07 Å². The second kappa shape index (κ2) is 16.6. The van der Waals surface area contributed by atoms with Gasteiger partial charge in [-0.3, -0.25) is 0 Å². The molecule has 0 aliphatic rings. The highest BCUT2D eigenvalue weighted by Gasteiger charge is 2.42. The Balaban J connectivity index is 2.12. The summed E-state index contributed by atoms with van der Waals surface area (Å²) < 4.78 is 47.9. The van der Waals surface area contributed by atoms with Crippen molar-refractivity contribution in [3.05, 3.63) is 65.7 Å². The van der Waals surface area contributed by atoms with Crippen molar-refractivity contribution in [2.45, 2.75) is 69.7 Å². The van der Waals surface area contributed by atoms with Gasteiger partial charge in [-0.1, -0.05) is 48.0 Å². The van der Waals surface area contributed by atoms with Gasteiger partial charge in [-0.2, -0.15) is 4.31 Å². The van der Waals surface area contributed by atoms with Crippen LogP contribution in [0.5, 0.6) is 0 Å². The SMILES string of the molecule is COC(=O)C(CNCCC[C@H](NC(=O)OCc1ccccc1)C(=O)OC)N(C(=O)OC(C)(C)C)S(=O)(=O)c1ccc(C)cc1. The number of nitrogens with one attached hydrogen (secondary N) is 2. The number of esters is 2. The zero-order chi connectivity index (χ0) is 32.9. The Morgan fingerprint density at radius 3 is 2.09 bits per heavy atom. The normalized spacial score (nSPS) is 12.8. The van der Waals surface area contributed by atoms with Crippen LogP contribution in [-0.4, -0.2) is 81.8 Å². The molecule has 0 aromatic heterocycles. The lowest BCUT2D eigenvalue weighted by Crippen LogP contribution is -2.54. The fraction of sp³-hybridized carbons (Fsp3) is 0.467. The topological polar surface area (TPSA) is 167 Å². The molecule has 0 aliphatic carbocycles. The van der Waals surface area contributed by atoms with Crippen LogP contribution in [0, 0.1) is 6.92 Å². The number of ether oxygens (including phenoxy) is 4. The van der Waals surface area contributed by atoms with E-state index in [0.29, 0.717) is 4.31 Å². The molecule has 44 heavy (non-hydrogen) atoms. The molecule has 242 valence electrons. The molecular weight excluding hydrogens is 594 g/mol. The van der Waals surface area contributed by atoms with E-state index in [-0.39, 0.29) is 37.4 Å². The van der Waals surface area contributed by atoms with Crippen molar-refractivity contribution in [1.82, 2.24) is 14.9 Å². The Kier molecular flexibility index (Phi) is 13.6. The molecule has 13 nitrogen and oxygen atoms in total. The van der Waals surface area contributed by atoms with E-state index in [4.69, 9.17) is 18.9 Å². The average Bonchev–Trinajstić information content (AvgIpc) is 2.97. The third-order valence-electron chi connectivity index (χ3n) is 6.08. The molecule has 2 aromatic rings. The summed E-state index contributed by atoms with van der Waals surface area (Å²) in [6.07, 6.45) is -1.65. The van der Waals surface area contributed by atoms with Gasteiger partial charge >= 0.3 is 24.1 Å². The largest absolute Gasteiger partial charge is 0.467 e. The van der Waals surface area contributed by atoms with Crippen molar-refractivity contribution in [2.24, 2.45) is 0 Å². The molecule has 0 saturated carbocycles. The first kappa shape index (κ1) is 36.0. The van der Waals surface area contributed by atoms with Crippen LogP contribution in [0.15, 0.2) is 59.5 Å². The Labute approximate surface area is 258 Å². The van der Waals surface area contributed by atoms with E-state index >= 15 is 0 Å². The number of benzene rings is 2. The number of sulfonamides is 1. The minimum absolute atomic E-state index is 0.0106. The molecule has 2 atom stereocenters. The Hall–Kier alpha value is -4.17. The Morgan fingerprint density at radius 1 is 0.909 bits per heavy atom. The molecular formula is C30H41N3O10S. The van der Waals surface area contributed by atoms with Crippen LogP contribution in [0.3, 0.4) is 0 Å². The Morgan fingerprint density at radius 2 is 1.52 bits per heavy atom. The molecule has 0 heterocycles. The summed E-state index contributed by atoms with van der Waals surface area (Å²) in [7, 11) is -2.30. The van der Waals surface area contributed by atoms with Gasteiger partial charge in [0.1, 0.15) is 18.2 Å². The van der Waals surface area contributed by atoms with Crippen molar-refractivity contribution >= 4 is 34.1 Å². The summed E-state index contributed by atoms with van der Waals surface area (Å²) >= 11 is 0. The number of hydrogen-bond donors (Lipinski definition) is 2. The first-order chi connectivity index (χ1) is 20.7. The predicted octanol–water partition coefficient (Wildman–Crippen LogP) is 3.30. The van der Waals surface area contributed by atoms with Gasteiger partial charge in [0.05, 0.1) is 19.1 Å². The number of aryl methyl sites for hydroxylation is 1. The van der Waals surface area contributed by atoms with Crippen LogP contribution in [0.25, 0.3) is 0 Å². The van der Waals surface area contributed by atoms with Crippen LogP contribution >= 0.6 is 0 Å². The summed E-state index contributed by atoms with van der Waals surface area (Å²) in [4.78, 5) is 50.4. The Bertz CT molecular complexity index is 1360. The molecule has 2 rings (SSSR count). The first-order valence-corrected chi connectivity index (χ1v) is 15.3. The number of methoxy groups -OCH3 is 2. The minimum Gasteiger partial charge on any atom is -0.467 e. The van der Waals surface area contributed by atoms with Crippen molar-refractivity contribution in [3.8, 4) is 0 Å². The second-order valence-corrected chi connectivity index (χ2v) is 12.6. The highest BCUT2D eigenvalue weighted by atomic mass is 32.2. The molecule has 0 fully saturated rings. The van der Waals surface area contributed by atoms with Gasteiger partial charge in [0.2, 0.25) is 0 Å². The lowest BCUT2D eigenvalue weighted by Gasteiger charge is -2.31. The third-order valence-corrected chi connectivity index (χ3v) is 7.87. The summed E-state index contributed by atoms with van der Waals surface area (Å²) in [5.74, 6) is -1.68. The number of carbonyl (C=O) groups excluding carboxylic acids is 4. The van der Waals surface area contributed by atoms with E-state index in [1.165, 1.54) is 19.2 Å². The molecule has 0 radical (unpaired) electrons. The zero-order valence-corrected chi connectivity index (χ0v) is 26.6.